The molecule has 2 saturated heterocycles. The van der Waals surface area contributed by atoms with Gasteiger partial charge in [0.05, 0.1) is 5.52 Å². The maximum atomic E-state index is 12.6. The summed E-state index contributed by atoms with van der Waals surface area (Å²) in [4.78, 5) is 34.3. The average molecular weight is 451 g/mol. The molecule has 4 rings (SSSR count). The minimum atomic E-state index is -0.120. The number of nitrogens with zero attached hydrogens (tertiary/aromatic N) is 3. The van der Waals surface area contributed by atoms with Crippen LogP contribution in [0.2, 0.25) is 0 Å². The van der Waals surface area contributed by atoms with Crippen LogP contribution in [-0.2, 0) is 9.59 Å². The monoisotopic (exact) mass is 450 g/mol. The van der Waals surface area contributed by atoms with E-state index in [-0.39, 0.29) is 24.7 Å². The fourth-order valence-corrected chi connectivity index (χ4v) is 5.32. The maximum absolute atomic E-state index is 12.6. The Hall–Kier alpha value is -2.63. The molecule has 2 fully saturated rings. The molecule has 2 unspecified atom stereocenters. The lowest BCUT2D eigenvalue weighted by atomic mass is 9.91. The molecule has 1 N–H and O–H groups in total. The van der Waals surface area contributed by atoms with Gasteiger partial charge in [0.25, 0.3) is 0 Å². The van der Waals surface area contributed by atoms with Gasteiger partial charge in [0.1, 0.15) is 5.82 Å². The third-order valence-electron chi connectivity index (χ3n) is 7.18. The van der Waals surface area contributed by atoms with E-state index in [1.807, 2.05) is 23.1 Å². The van der Waals surface area contributed by atoms with Crippen molar-refractivity contribution in [3.05, 3.63) is 29.8 Å². The van der Waals surface area contributed by atoms with Crippen molar-refractivity contribution >= 4 is 34.2 Å². The highest BCUT2D eigenvalue weighted by atomic mass is 16.2. The standard InChI is InChI=1S/C27H38N4O2/c1-18-9-11-30(12-10-18)25-14-21(4)23-15-22(5-6-24(23)29-25)28-26(32)7-8-27(33)31-16-19(2)13-20(3)17-31/h5-6,14-15,18-20H,7-13,16-17H2,1-4H3,(H,28,32). The van der Waals surface area contributed by atoms with Gasteiger partial charge in [-0.3, -0.25) is 9.59 Å². The van der Waals surface area contributed by atoms with Crippen molar-refractivity contribution in [1.82, 2.24) is 9.88 Å². The third kappa shape index (κ3) is 5.84. The van der Waals surface area contributed by atoms with Gasteiger partial charge >= 0.3 is 0 Å². The Labute approximate surface area is 197 Å². The van der Waals surface area contributed by atoms with Crippen molar-refractivity contribution in [3.8, 4) is 0 Å². The van der Waals surface area contributed by atoms with E-state index < -0.39 is 0 Å². The molecule has 6 nitrogen and oxygen atoms in total. The second-order valence-corrected chi connectivity index (χ2v) is 10.5. The molecule has 0 saturated carbocycles. The molecule has 1 aromatic carbocycles. The number of anilines is 2. The minimum Gasteiger partial charge on any atom is -0.357 e. The van der Waals surface area contributed by atoms with Gasteiger partial charge in [0, 0.05) is 50.1 Å². The molecule has 2 aliphatic rings. The number of aryl methyl sites for hydroxylation is 1. The van der Waals surface area contributed by atoms with Gasteiger partial charge in [-0.05, 0) is 73.8 Å². The smallest absolute Gasteiger partial charge is 0.224 e. The number of piperidine rings is 2. The van der Waals surface area contributed by atoms with Crippen molar-refractivity contribution in [3.63, 3.8) is 0 Å². The fraction of sp³-hybridized carbons (Fsp3) is 0.593. The number of amides is 2. The Balaban J connectivity index is 1.36. The summed E-state index contributed by atoms with van der Waals surface area (Å²) in [6, 6.07) is 8.04. The Morgan fingerprint density at radius 2 is 1.70 bits per heavy atom. The highest BCUT2D eigenvalue weighted by Gasteiger charge is 2.25. The first-order valence-electron chi connectivity index (χ1n) is 12.5. The summed E-state index contributed by atoms with van der Waals surface area (Å²) >= 11 is 0. The lowest BCUT2D eigenvalue weighted by Gasteiger charge is -2.35. The summed E-state index contributed by atoms with van der Waals surface area (Å²) in [6.07, 6.45) is 4.06. The SMILES string of the molecule is Cc1cc(N2CCC(C)CC2)nc2ccc(NC(=O)CCC(=O)N3CC(C)CC(C)C3)cc12. The molecule has 33 heavy (non-hydrogen) atoms. The third-order valence-corrected chi connectivity index (χ3v) is 7.18. The van der Waals surface area contributed by atoms with Crippen LogP contribution in [0.1, 0.15) is 58.4 Å². The highest BCUT2D eigenvalue weighted by molar-refractivity contribution is 5.96. The van der Waals surface area contributed by atoms with E-state index >= 15 is 0 Å². The Morgan fingerprint density at radius 1 is 1.00 bits per heavy atom. The van der Waals surface area contributed by atoms with Crippen molar-refractivity contribution in [2.75, 3.05) is 36.4 Å². The fourth-order valence-electron chi connectivity index (χ4n) is 5.32. The molecular weight excluding hydrogens is 412 g/mol. The molecule has 0 radical (unpaired) electrons. The number of pyridine rings is 1. The lowest BCUT2D eigenvalue weighted by molar-refractivity contribution is -0.135. The normalized spacial score (nSPS) is 21.9. The average Bonchev–Trinajstić information content (AvgIpc) is 2.77. The maximum Gasteiger partial charge on any atom is 0.224 e. The van der Waals surface area contributed by atoms with E-state index in [1.54, 1.807) is 0 Å². The Bertz CT molecular complexity index is 1000. The predicted molar refractivity (Wildman–Crippen MR) is 134 cm³/mol. The number of likely N-dealkylation sites (tertiary alicyclic amines) is 1. The molecule has 6 heteroatoms. The van der Waals surface area contributed by atoms with Gasteiger partial charge in [-0.25, -0.2) is 4.98 Å². The van der Waals surface area contributed by atoms with E-state index in [1.165, 1.54) is 19.3 Å². The molecule has 2 aromatic rings. The largest absolute Gasteiger partial charge is 0.357 e. The molecule has 0 spiro atoms. The quantitative estimate of drug-likeness (QED) is 0.696. The van der Waals surface area contributed by atoms with Gasteiger partial charge in [-0.1, -0.05) is 20.8 Å². The molecule has 0 aliphatic carbocycles. The first kappa shape index (κ1) is 23.5. The zero-order valence-electron chi connectivity index (χ0n) is 20.6. The summed E-state index contributed by atoms with van der Waals surface area (Å²) in [5, 5.41) is 4.02. The minimum absolute atomic E-state index is 0.0849. The van der Waals surface area contributed by atoms with E-state index in [0.29, 0.717) is 11.8 Å². The molecule has 1 aromatic heterocycles. The second-order valence-electron chi connectivity index (χ2n) is 10.5. The number of nitrogens with one attached hydrogen (secondary N) is 1. The van der Waals surface area contributed by atoms with Gasteiger partial charge in [-0.2, -0.15) is 0 Å². The van der Waals surface area contributed by atoms with Crippen molar-refractivity contribution in [1.29, 1.82) is 0 Å². The molecule has 178 valence electrons. The van der Waals surface area contributed by atoms with Crippen LogP contribution in [0.15, 0.2) is 24.3 Å². The van der Waals surface area contributed by atoms with E-state index in [0.717, 1.165) is 60.1 Å². The number of aromatic nitrogens is 1. The van der Waals surface area contributed by atoms with Crippen LogP contribution in [0.25, 0.3) is 10.9 Å². The molecule has 2 amide bonds. The van der Waals surface area contributed by atoms with E-state index in [4.69, 9.17) is 4.98 Å². The van der Waals surface area contributed by atoms with Crippen LogP contribution in [0, 0.1) is 24.7 Å². The van der Waals surface area contributed by atoms with Gasteiger partial charge in [0.2, 0.25) is 11.8 Å². The zero-order valence-corrected chi connectivity index (χ0v) is 20.6. The lowest BCUT2D eigenvalue weighted by Crippen LogP contribution is -2.42. The topological polar surface area (TPSA) is 65.5 Å². The van der Waals surface area contributed by atoms with E-state index in [2.05, 4.69) is 44.0 Å². The van der Waals surface area contributed by atoms with Crippen LogP contribution < -0.4 is 10.2 Å². The first-order chi connectivity index (χ1) is 15.8. The summed E-state index contributed by atoms with van der Waals surface area (Å²) in [5.74, 6) is 2.85. The number of hydrogen-bond acceptors (Lipinski definition) is 4. The number of carbonyl (C=O) groups is 2. The number of carbonyl (C=O) groups excluding carboxylic acids is 2. The number of rotatable bonds is 5. The highest BCUT2D eigenvalue weighted by Crippen LogP contribution is 2.28. The van der Waals surface area contributed by atoms with Crippen molar-refractivity contribution in [2.45, 2.75) is 59.8 Å². The first-order valence-corrected chi connectivity index (χ1v) is 12.5. The Morgan fingerprint density at radius 3 is 2.39 bits per heavy atom. The van der Waals surface area contributed by atoms with Crippen LogP contribution >= 0.6 is 0 Å². The summed E-state index contributed by atoms with van der Waals surface area (Å²) in [5.41, 5.74) is 2.86. The number of hydrogen-bond donors (Lipinski definition) is 1. The molecular formula is C27H38N4O2. The van der Waals surface area contributed by atoms with Crippen LogP contribution in [-0.4, -0.2) is 47.9 Å². The molecule has 0 bridgehead atoms. The zero-order chi connectivity index (χ0) is 23.5. The summed E-state index contributed by atoms with van der Waals surface area (Å²) in [7, 11) is 0. The molecule has 2 atom stereocenters. The van der Waals surface area contributed by atoms with E-state index in [9.17, 15) is 9.59 Å². The number of benzene rings is 1. The summed E-state index contributed by atoms with van der Waals surface area (Å²) in [6.45, 7) is 12.5. The Kier molecular flexibility index (Phi) is 7.20. The van der Waals surface area contributed by atoms with Crippen LogP contribution in [0.3, 0.4) is 0 Å². The van der Waals surface area contributed by atoms with Crippen LogP contribution in [0.5, 0.6) is 0 Å². The molecule has 3 heterocycles. The van der Waals surface area contributed by atoms with Crippen molar-refractivity contribution in [2.24, 2.45) is 17.8 Å². The molecule has 2 aliphatic heterocycles. The second kappa shape index (κ2) is 10.1. The predicted octanol–water partition coefficient (Wildman–Crippen LogP) is 5.00. The van der Waals surface area contributed by atoms with Crippen molar-refractivity contribution < 1.29 is 9.59 Å². The summed E-state index contributed by atoms with van der Waals surface area (Å²) < 4.78 is 0. The van der Waals surface area contributed by atoms with Crippen LogP contribution in [0.4, 0.5) is 11.5 Å². The number of fused-ring (bicyclic) bond motifs is 1. The van der Waals surface area contributed by atoms with Gasteiger partial charge in [-0.15, -0.1) is 0 Å². The van der Waals surface area contributed by atoms with Gasteiger partial charge < -0.3 is 15.1 Å². The van der Waals surface area contributed by atoms with Gasteiger partial charge in [0.15, 0.2) is 0 Å².